The molecular formula is C15H14ClN5O2S. The average Bonchev–Trinajstić information content (AvgIpc) is 3.15. The smallest absolute Gasteiger partial charge is 0.252 e. The number of halogens is 1. The van der Waals surface area contributed by atoms with Crippen LogP contribution in [0.3, 0.4) is 0 Å². The predicted octanol–water partition coefficient (Wildman–Crippen LogP) is 2.56. The third-order valence-corrected chi connectivity index (χ3v) is 4.21. The van der Waals surface area contributed by atoms with Crippen LogP contribution in [0.1, 0.15) is 12.1 Å². The molecule has 3 aromatic rings. The van der Waals surface area contributed by atoms with Crippen LogP contribution < -0.4 is 10.9 Å². The Morgan fingerprint density at radius 1 is 1.46 bits per heavy atom. The van der Waals surface area contributed by atoms with Crippen molar-refractivity contribution in [1.29, 1.82) is 0 Å². The second kappa shape index (κ2) is 6.98. The van der Waals surface area contributed by atoms with Crippen LogP contribution in [0.25, 0.3) is 16.5 Å². The molecule has 124 valence electrons. The van der Waals surface area contributed by atoms with Gasteiger partial charge in [0.15, 0.2) is 0 Å². The summed E-state index contributed by atoms with van der Waals surface area (Å²) in [5.41, 5.74) is 0.944. The number of aromatic amines is 1. The van der Waals surface area contributed by atoms with Gasteiger partial charge in [-0.3, -0.25) is 14.6 Å². The Bertz CT molecular complexity index is 916. The maximum atomic E-state index is 11.9. The molecule has 0 unspecified atom stereocenters. The van der Waals surface area contributed by atoms with E-state index >= 15 is 0 Å². The SMILES string of the molecule is Cc1cc(=O)[nH]c(-n2nc(-c3cccs3)cc2NC(=O)CCCl)n1. The van der Waals surface area contributed by atoms with Crippen LogP contribution in [-0.4, -0.2) is 31.5 Å². The van der Waals surface area contributed by atoms with Crippen molar-refractivity contribution < 1.29 is 4.79 Å². The van der Waals surface area contributed by atoms with Crippen molar-refractivity contribution >= 4 is 34.7 Å². The van der Waals surface area contributed by atoms with Gasteiger partial charge in [0, 0.05) is 30.1 Å². The van der Waals surface area contributed by atoms with Gasteiger partial charge in [-0.1, -0.05) is 6.07 Å². The Labute approximate surface area is 146 Å². The Morgan fingerprint density at radius 3 is 2.96 bits per heavy atom. The summed E-state index contributed by atoms with van der Waals surface area (Å²) < 4.78 is 1.41. The Morgan fingerprint density at radius 2 is 2.29 bits per heavy atom. The molecule has 0 spiro atoms. The molecule has 0 atom stereocenters. The van der Waals surface area contributed by atoms with Crippen molar-refractivity contribution in [3.63, 3.8) is 0 Å². The van der Waals surface area contributed by atoms with Crippen LogP contribution in [0.5, 0.6) is 0 Å². The standard InChI is InChI=1S/C15H14ClN5O2S/c1-9-7-14(23)19-15(17-9)21-12(18-13(22)4-5-16)8-10(20-21)11-3-2-6-24-11/h2-3,6-8H,4-5H2,1H3,(H,18,22)(H,17,19,23). The number of carbonyl (C=O) groups is 1. The molecule has 0 saturated carbocycles. The van der Waals surface area contributed by atoms with Crippen molar-refractivity contribution in [3.8, 4) is 16.5 Å². The Balaban J connectivity index is 2.08. The summed E-state index contributed by atoms with van der Waals surface area (Å²) in [5, 5.41) is 9.15. The minimum atomic E-state index is -0.288. The highest BCUT2D eigenvalue weighted by Gasteiger charge is 2.15. The van der Waals surface area contributed by atoms with E-state index in [1.807, 2.05) is 17.5 Å². The normalized spacial score (nSPS) is 10.8. The average molecular weight is 364 g/mol. The second-order valence-electron chi connectivity index (χ2n) is 5.00. The van der Waals surface area contributed by atoms with Crippen LogP contribution in [0.2, 0.25) is 0 Å². The van der Waals surface area contributed by atoms with Crippen molar-refractivity contribution in [1.82, 2.24) is 19.7 Å². The molecule has 0 fully saturated rings. The van der Waals surface area contributed by atoms with E-state index in [0.717, 1.165) is 4.88 Å². The van der Waals surface area contributed by atoms with E-state index in [4.69, 9.17) is 11.6 Å². The number of thiophene rings is 1. The summed E-state index contributed by atoms with van der Waals surface area (Å²) in [7, 11) is 0. The lowest BCUT2D eigenvalue weighted by molar-refractivity contribution is -0.115. The number of alkyl halides is 1. The maximum Gasteiger partial charge on any atom is 0.252 e. The number of hydrogen-bond donors (Lipinski definition) is 2. The number of carbonyl (C=O) groups excluding carboxylic acids is 1. The molecule has 1 amide bonds. The number of aromatic nitrogens is 4. The number of nitrogens with one attached hydrogen (secondary N) is 2. The largest absolute Gasteiger partial charge is 0.310 e. The number of nitrogens with zero attached hydrogens (tertiary/aromatic N) is 3. The number of rotatable bonds is 5. The van der Waals surface area contributed by atoms with Crippen molar-refractivity contribution in [2.75, 3.05) is 11.2 Å². The second-order valence-corrected chi connectivity index (χ2v) is 6.33. The molecule has 0 aliphatic carbocycles. The Kier molecular flexibility index (Phi) is 4.77. The number of hydrogen-bond acceptors (Lipinski definition) is 5. The number of aryl methyl sites for hydroxylation is 1. The van der Waals surface area contributed by atoms with Gasteiger partial charge in [-0.15, -0.1) is 22.9 Å². The van der Waals surface area contributed by atoms with Crippen molar-refractivity contribution in [3.05, 3.63) is 45.7 Å². The Hall–Kier alpha value is -2.45. The first kappa shape index (κ1) is 16.4. The topological polar surface area (TPSA) is 92.7 Å². The molecule has 0 radical (unpaired) electrons. The first-order chi connectivity index (χ1) is 11.6. The molecular weight excluding hydrogens is 350 g/mol. The first-order valence-electron chi connectivity index (χ1n) is 7.15. The summed E-state index contributed by atoms with van der Waals surface area (Å²) in [4.78, 5) is 31.5. The molecule has 0 aliphatic heterocycles. The maximum absolute atomic E-state index is 11.9. The van der Waals surface area contributed by atoms with E-state index in [9.17, 15) is 9.59 Å². The van der Waals surface area contributed by atoms with Crippen LogP contribution in [0.15, 0.2) is 34.4 Å². The lowest BCUT2D eigenvalue weighted by atomic mass is 10.3. The van der Waals surface area contributed by atoms with E-state index < -0.39 is 0 Å². The van der Waals surface area contributed by atoms with Gasteiger partial charge in [-0.25, -0.2) is 4.98 Å². The third-order valence-electron chi connectivity index (χ3n) is 3.13. The first-order valence-corrected chi connectivity index (χ1v) is 8.56. The van der Waals surface area contributed by atoms with Gasteiger partial charge < -0.3 is 5.32 Å². The molecule has 0 bridgehead atoms. The number of amides is 1. The van der Waals surface area contributed by atoms with E-state index in [1.165, 1.54) is 22.1 Å². The van der Waals surface area contributed by atoms with Gasteiger partial charge >= 0.3 is 0 Å². The predicted molar refractivity (Wildman–Crippen MR) is 94.0 cm³/mol. The molecule has 24 heavy (non-hydrogen) atoms. The zero-order valence-corrected chi connectivity index (χ0v) is 14.3. The number of H-pyrrole nitrogens is 1. The van der Waals surface area contributed by atoms with E-state index in [2.05, 4.69) is 20.4 Å². The van der Waals surface area contributed by atoms with E-state index in [1.54, 1.807) is 13.0 Å². The monoisotopic (exact) mass is 363 g/mol. The van der Waals surface area contributed by atoms with Crippen LogP contribution in [-0.2, 0) is 4.79 Å². The zero-order chi connectivity index (χ0) is 17.1. The van der Waals surface area contributed by atoms with Gasteiger partial charge in [-0.2, -0.15) is 9.78 Å². The van der Waals surface area contributed by atoms with Gasteiger partial charge in [0.05, 0.1) is 4.88 Å². The molecule has 3 aromatic heterocycles. The minimum absolute atomic E-state index is 0.179. The van der Waals surface area contributed by atoms with Crippen molar-refractivity contribution in [2.45, 2.75) is 13.3 Å². The highest BCUT2D eigenvalue weighted by molar-refractivity contribution is 7.13. The van der Waals surface area contributed by atoms with Gasteiger partial charge in [0.25, 0.3) is 5.56 Å². The van der Waals surface area contributed by atoms with E-state index in [-0.39, 0.29) is 29.7 Å². The van der Waals surface area contributed by atoms with Gasteiger partial charge in [-0.05, 0) is 18.4 Å². The fourth-order valence-corrected chi connectivity index (χ4v) is 2.98. The summed E-state index contributed by atoms with van der Waals surface area (Å²) in [6.45, 7) is 1.72. The highest BCUT2D eigenvalue weighted by atomic mass is 35.5. The quantitative estimate of drug-likeness (QED) is 0.681. The molecule has 3 rings (SSSR count). The molecule has 9 heteroatoms. The number of anilines is 1. The molecule has 0 saturated heterocycles. The van der Waals surface area contributed by atoms with Gasteiger partial charge in [0.1, 0.15) is 11.5 Å². The lowest BCUT2D eigenvalue weighted by Crippen LogP contribution is -2.18. The molecule has 3 heterocycles. The summed E-state index contributed by atoms with van der Waals surface area (Å²) >= 11 is 7.13. The lowest BCUT2D eigenvalue weighted by Gasteiger charge is -2.07. The summed E-state index contributed by atoms with van der Waals surface area (Å²) in [6.07, 6.45) is 0.179. The summed E-state index contributed by atoms with van der Waals surface area (Å²) in [5.74, 6) is 0.641. The highest BCUT2D eigenvalue weighted by Crippen LogP contribution is 2.27. The minimum Gasteiger partial charge on any atom is -0.310 e. The molecule has 0 aliphatic rings. The zero-order valence-electron chi connectivity index (χ0n) is 12.7. The van der Waals surface area contributed by atoms with Crippen LogP contribution >= 0.6 is 22.9 Å². The fraction of sp³-hybridized carbons (Fsp3) is 0.200. The van der Waals surface area contributed by atoms with Crippen molar-refractivity contribution in [2.24, 2.45) is 0 Å². The van der Waals surface area contributed by atoms with E-state index in [0.29, 0.717) is 17.2 Å². The fourth-order valence-electron chi connectivity index (χ4n) is 2.13. The van der Waals surface area contributed by atoms with Crippen LogP contribution in [0, 0.1) is 6.92 Å². The molecule has 7 nitrogen and oxygen atoms in total. The van der Waals surface area contributed by atoms with Gasteiger partial charge in [0.2, 0.25) is 11.9 Å². The molecule has 2 N–H and O–H groups in total. The molecule has 0 aromatic carbocycles. The summed E-state index contributed by atoms with van der Waals surface area (Å²) in [6, 6.07) is 6.96. The third kappa shape index (κ3) is 3.55. The van der Waals surface area contributed by atoms with Crippen LogP contribution in [0.4, 0.5) is 5.82 Å².